The van der Waals surface area contributed by atoms with E-state index < -0.39 is 5.91 Å². The Morgan fingerprint density at radius 2 is 1.69 bits per heavy atom. The second-order valence-corrected chi connectivity index (χ2v) is 7.00. The summed E-state index contributed by atoms with van der Waals surface area (Å²) in [4.78, 5) is 29.7. The van der Waals surface area contributed by atoms with Crippen LogP contribution in [0, 0.1) is 0 Å². The van der Waals surface area contributed by atoms with E-state index in [1.807, 2.05) is 60.7 Å². The zero-order valence-electron chi connectivity index (χ0n) is 16.6. The number of primary amides is 1. The second-order valence-electron chi connectivity index (χ2n) is 7.00. The van der Waals surface area contributed by atoms with E-state index in [0.29, 0.717) is 29.8 Å². The normalized spacial score (nSPS) is 10.4. The van der Waals surface area contributed by atoms with Crippen LogP contribution in [0.25, 0.3) is 0 Å². The maximum Gasteiger partial charge on any atom is 0.253 e. The van der Waals surface area contributed by atoms with E-state index in [-0.39, 0.29) is 5.91 Å². The average molecular weight is 388 g/mol. The quantitative estimate of drug-likeness (QED) is 0.651. The SMILES string of the molecule is CN(C)C(=O)c1ccc(Cc2cc(NCc3ccccc3)c(C(N)=O)cn2)cc1. The molecule has 3 N–H and O–H groups in total. The molecule has 0 aliphatic carbocycles. The highest BCUT2D eigenvalue weighted by molar-refractivity contribution is 5.98. The Balaban J connectivity index is 1.77. The number of aromatic nitrogens is 1. The number of carbonyl (C=O) groups is 2. The summed E-state index contributed by atoms with van der Waals surface area (Å²) in [6.07, 6.45) is 2.09. The van der Waals surface area contributed by atoms with Gasteiger partial charge in [0.2, 0.25) is 0 Å². The molecule has 0 fully saturated rings. The molecule has 1 aromatic heterocycles. The predicted octanol–water partition coefficient (Wildman–Crippen LogP) is 3.09. The lowest BCUT2D eigenvalue weighted by Gasteiger charge is -2.13. The van der Waals surface area contributed by atoms with Gasteiger partial charge in [-0.3, -0.25) is 14.6 Å². The van der Waals surface area contributed by atoms with Gasteiger partial charge in [0.05, 0.1) is 11.3 Å². The van der Waals surface area contributed by atoms with Crippen LogP contribution in [-0.2, 0) is 13.0 Å². The minimum absolute atomic E-state index is 0.0344. The van der Waals surface area contributed by atoms with Crippen molar-refractivity contribution in [3.05, 3.63) is 94.8 Å². The number of carbonyl (C=O) groups excluding carboxylic acids is 2. The highest BCUT2D eigenvalue weighted by Gasteiger charge is 2.12. The monoisotopic (exact) mass is 388 g/mol. The molecule has 148 valence electrons. The van der Waals surface area contributed by atoms with Gasteiger partial charge in [-0.05, 0) is 29.3 Å². The topological polar surface area (TPSA) is 88.3 Å². The van der Waals surface area contributed by atoms with Crippen LogP contribution in [0.1, 0.15) is 37.5 Å². The van der Waals surface area contributed by atoms with Gasteiger partial charge in [0.15, 0.2) is 0 Å². The predicted molar refractivity (Wildman–Crippen MR) is 114 cm³/mol. The van der Waals surface area contributed by atoms with Crippen molar-refractivity contribution in [2.24, 2.45) is 5.73 Å². The fourth-order valence-electron chi connectivity index (χ4n) is 2.96. The van der Waals surface area contributed by atoms with E-state index in [2.05, 4.69) is 10.3 Å². The van der Waals surface area contributed by atoms with Gasteiger partial charge in [0.25, 0.3) is 11.8 Å². The van der Waals surface area contributed by atoms with Crippen LogP contribution >= 0.6 is 0 Å². The first kappa shape index (κ1) is 20.1. The van der Waals surface area contributed by atoms with Gasteiger partial charge in [-0.2, -0.15) is 0 Å². The second kappa shape index (κ2) is 9.01. The zero-order valence-corrected chi connectivity index (χ0v) is 16.6. The van der Waals surface area contributed by atoms with Crippen LogP contribution in [0.3, 0.4) is 0 Å². The van der Waals surface area contributed by atoms with Crippen LogP contribution < -0.4 is 11.1 Å². The smallest absolute Gasteiger partial charge is 0.253 e. The molecule has 3 rings (SSSR count). The maximum atomic E-state index is 12.0. The van der Waals surface area contributed by atoms with Crippen LogP contribution in [0.2, 0.25) is 0 Å². The molecule has 0 atom stereocenters. The van der Waals surface area contributed by atoms with E-state index >= 15 is 0 Å². The van der Waals surface area contributed by atoms with Crippen molar-refractivity contribution in [2.45, 2.75) is 13.0 Å². The molecule has 0 aliphatic rings. The molecule has 0 bridgehead atoms. The Morgan fingerprint density at radius 1 is 1.00 bits per heavy atom. The molecule has 6 nitrogen and oxygen atoms in total. The number of amides is 2. The zero-order chi connectivity index (χ0) is 20.8. The number of nitrogens with zero attached hydrogens (tertiary/aromatic N) is 2. The molecule has 2 amide bonds. The number of hydrogen-bond donors (Lipinski definition) is 2. The molecule has 0 aliphatic heterocycles. The van der Waals surface area contributed by atoms with Crippen LogP contribution in [0.5, 0.6) is 0 Å². The molecular formula is C23H24N4O2. The number of hydrogen-bond acceptors (Lipinski definition) is 4. The minimum atomic E-state index is -0.522. The van der Waals surface area contributed by atoms with E-state index in [1.54, 1.807) is 19.0 Å². The molecule has 3 aromatic rings. The molecule has 1 heterocycles. The molecule has 0 saturated heterocycles. The summed E-state index contributed by atoms with van der Waals surface area (Å²) < 4.78 is 0. The van der Waals surface area contributed by atoms with Gasteiger partial charge >= 0.3 is 0 Å². The first-order valence-electron chi connectivity index (χ1n) is 9.31. The van der Waals surface area contributed by atoms with Gasteiger partial charge in [-0.25, -0.2) is 0 Å². The van der Waals surface area contributed by atoms with Crippen LogP contribution in [0.4, 0.5) is 5.69 Å². The highest BCUT2D eigenvalue weighted by atomic mass is 16.2. The van der Waals surface area contributed by atoms with E-state index in [4.69, 9.17) is 5.73 Å². The first-order chi connectivity index (χ1) is 13.9. The first-order valence-corrected chi connectivity index (χ1v) is 9.31. The van der Waals surface area contributed by atoms with Crippen molar-refractivity contribution >= 4 is 17.5 Å². The van der Waals surface area contributed by atoms with E-state index in [0.717, 1.165) is 16.8 Å². The van der Waals surface area contributed by atoms with Gasteiger partial charge in [-0.15, -0.1) is 0 Å². The molecule has 0 spiro atoms. The lowest BCUT2D eigenvalue weighted by Crippen LogP contribution is -2.21. The summed E-state index contributed by atoms with van der Waals surface area (Å²) >= 11 is 0. The molecule has 29 heavy (non-hydrogen) atoms. The Bertz CT molecular complexity index is 999. The lowest BCUT2D eigenvalue weighted by molar-refractivity contribution is 0.0827. The number of benzene rings is 2. The van der Waals surface area contributed by atoms with Crippen LogP contribution in [-0.4, -0.2) is 35.8 Å². The third-order valence-electron chi connectivity index (χ3n) is 4.54. The van der Waals surface area contributed by atoms with Crippen molar-refractivity contribution < 1.29 is 9.59 Å². The maximum absolute atomic E-state index is 12.0. The number of anilines is 1. The Labute approximate surface area is 170 Å². The van der Waals surface area contributed by atoms with Crippen LogP contribution in [0.15, 0.2) is 66.9 Å². The van der Waals surface area contributed by atoms with Crippen molar-refractivity contribution in [2.75, 3.05) is 19.4 Å². The largest absolute Gasteiger partial charge is 0.380 e. The van der Waals surface area contributed by atoms with Crippen molar-refractivity contribution in [3.63, 3.8) is 0 Å². The van der Waals surface area contributed by atoms with Gasteiger partial charge < -0.3 is 16.0 Å². The Kier molecular flexibility index (Phi) is 6.24. The number of nitrogens with one attached hydrogen (secondary N) is 1. The molecule has 6 heteroatoms. The fourth-order valence-corrected chi connectivity index (χ4v) is 2.96. The molecule has 0 radical (unpaired) electrons. The minimum Gasteiger partial charge on any atom is -0.380 e. The Morgan fingerprint density at radius 3 is 2.31 bits per heavy atom. The molecular weight excluding hydrogens is 364 g/mol. The summed E-state index contributed by atoms with van der Waals surface area (Å²) in [6.45, 7) is 0.575. The van der Waals surface area contributed by atoms with Crippen molar-refractivity contribution in [1.82, 2.24) is 9.88 Å². The molecule has 0 saturated carbocycles. The summed E-state index contributed by atoms with van der Waals surface area (Å²) in [5.41, 5.74) is 10.1. The van der Waals surface area contributed by atoms with Gasteiger partial charge in [-0.1, -0.05) is 42.5 Å². The fraction of sp³-hybridized carbons (Fsp3) is 0.174. The third-order valence-corrected chi connectivity index (χ3v) is 4.54. The summed E-state index contributed by atoms with van der Waals surface area (Å²) in [5.74, 6) is -0.556. The number of rotatable bonds is 7. The summed E-state index contributed by atoms with van der Waals surface area (Å²) in [7, 11) is 3.45. The highest BCUT2D eigenvalue weighted by Crippen LogP contribution is 2.19. The summed E-state index contributed by atoms with van der Waals surface area (Å²) in [5, 5.41) is 3.28. The summed E-state index contributed by atoms with van der Waals surface area (Å²) in [6, 6.07) is 19.2. The Hall–Kier alpha value is -3.67. The van der Waals surface area contributed by atoms with E-state index in [1.165, 1.54) is 6.20 Å². The van der Waals surface area contributed by atoms with Gasteiger partial charge in [0, 0.05) is 44.5 Å². The standard InChI is InChI=1S/C23H24N4O2/c1-27(2)23(29)18-10-8-16(9-11-18)12-19-13-21(20(15-25-19)22(24)28)26-14-17-6-4-3-5-7-17/h3-11,13,15H,12,14H2,1-2H3,(H2,24,28)(H,25,26). The van der Waals surface area contributed by atoms with Crippen molar-refractivity contribution in [3.8, 4) is 0 Å². The molecule has 2 aromatic carbocycles. The van der Waals surface area contributed by atoms with Gasteiger partial charge in [0.1, 0.15) is 0 Å². The third kappa shape index (κ3) is 5.19. The lowest BCUT2D eigenvalue weighted by atomic mass is 10.0. The molecule has 0 unspecified atom stereocenters. The van der Waals surface area contributed by atoms with Crippen molar-refractivity contribution in [1.29, 1.82) is 0 Å². The number of pyridine rings is 1. The van der Waals surface area contributed by atoms with E-state index in [9.17, 15) is 9.59 Å². The average Bonchev–Trinajstić information content (AvgIpc) is 2.73. The number of nitrogens with two attached hydrogens (primary N) is 1.